The van der Waals surface area contributed by atoms with Gasteiger partial charge in [0.1, 0.15) is 0 Å². The van der Waals surface area contributed by atoms with Crippen molar-refractivity contribution in [3.8, 4) is 10.4 Å². The van der Waals surface area contributed by atoms with Crippen molar-refractivity contribution in [1.82, 2.24) is 0 Å². The summed E-state index contributed by atoms with van der Waals surface area (Å²) in [6, 6.07) is 12.8. The molecule has 0 saturated heterocycles. The summed E-state index contributed by atoms with van der Waals surface area (Å²) in [5.41, 5.74) is 2.64. The Labute approximate surface area is 151 Å². The maximum atomic E-state index is 9.75. The molecule has 1 aromatic heterocycles. The van der Waals surface area contributed by atoms with Crippen LogP contribution in [0.3, 0.4) is 0 Å². The summed E-state index contributed by atoms with van der Waals surface area (Å²) in [7, 11) is -6.00. The van der Waals surface area contributed by atoms with E-state index in [1.165, 1.54) is 16.0 Å². The van der Waals surface area contributed by atoms with Crippen molar-refractivity contribution in [2.75, 3.05) is 0 Å². The molecule has 1 radical (unpaired) electrons. The van der Waals surface area contributed by atoms with Gasteiger partial charge in [0.2, 0.25) is 0 Å². The Morgan fingerprint density at radius 3 is 1.67 bits per heavy atom. The van der Waals surface area contributed by atoms with E-state index in [1.54, 1.807) is 11.3 Å². The summed E-state index contributed by atoms with van der Waals surface area (Å²) in [5.74, 6) is 0. The second kappa shape index (κ2) is 19.5. The number of hydrogen-bond donors (Lipinski definition) is 0. The van der Waals surface area contributed by atoms with Crippen LogP contribution in [0, 0.1) is 26.9 Å². The van der Waals surface area contributed by atoms with E-state index < -0.39 is 7.25 Å². The first kappa shape index (κ1) is 30.3. The van der Waals surface area contributed by atoms with Crippen LogP contribution in [0.1, 0.15) is 5.56 Å². The normalized spacial score (nSPS) is 7.79. The van der Waals surface area contributed by atoms with Crippen LogP contribution in [0.15, 0.2) is 41.8 Å². The molecule has 129 valence electrons. The van der Waals surface area contributed by atoms with Crippen LogP contribution < -0.4 is 0 Å². The van der Waals surface area contributed by atoms with E-state index >= 15 is 0 Å². The minimum absolute atomic E-state index is 0. The van der Waals surface area contributed by atoms with Crippen molar-refractivity contribution in [1.29, 1.82) is 0 Å². The van der Waals surface area contributed by atoms with Gasteiger partial charge in [0.15, 0.2) is 0 Å². The minimum Gasteiger partial charge on any atom is 0 e. The largest absolute Gasteiger partial charge is 0 e. The molecule has 0 N–H and O–H groups in total. The smallest absolute Gasteiger partial charge is 0 e. The molecule has 0 bridgehead atoms. The number of halogens is 4. The summed E-state index contributed by atoms with van der Waals surface area (Å²) in [6.07, 6.45) is 0. The molecule has 10 heteroatoms. The predicted molar refractivity (Wildman–Crippen MR) is 76.5 cm³/mol. The fourth-order valence-corrected chi connectivity index (χ4v) is 1.97. The standard InChI is InChI=1S/C11H10S.3CO.BF4.Mn/c1-9-4-2-5-10(8-9)11-6-3-7-12-11;3*1-2;2-1(3,4)5;/h2-8H,1H3;;;;;/q;;;;-1;. The van der Waals surface area contributed by atoms with Gasteiger partial charge in [0.25, 0.3) is 0 Å². The fraction of sp³-hybridized carbons (Fsp3) is 0.0714. The van der Waals surface area contributed by atoms with E-state index in [4.69, 9.17) is 14.0 Å². The number of benzene rings is 1. The molecule has 1 heterocycles. The average Bonchev–Trinajstić information content (AvgIpc) is 3.06. The Bertz CT molecular complexity index is 563. The van der Waals surface area contributed by atoms with Gasteiger partial charge in [-0.15, -0.1) is 11.3 Å². The SMILES string of the molecule is Cc1cccc(-c2cccs2)c1.F[B-](F)(F)F.[C-]#[O+].[C-]#[O+].[C-]#[O+].[Mn]. The van der Waals surface area contributed by atoms with Gasteiger partial charge in [-0.05, 0) is 23.9 Å². The Balaban J connectivity index is -0.000000143. The zero-order valence-corrected chi connectivity index (χ0v) is 14.1. The quantitative estimate of drug-likeness (QED) is 0.283. The molecule has 0 aliphatic carbocycles. The first-order chi connectivity index (χ1) is 10.9. The Hall–Kier alpha value is -1.56. The predicted octanol–water partition coefficient (Wildman–Crippen LogP) is 4.91. The molecule has 2 aromatic rings. The van der Waals surface area contributed by atoms with Gasteiger partial charge in [0, 0.05) is 21.9 Å². The third-order valence-corrected chi connectivity index (χ3v) is 2.74. The molecule has 1 aromatic carbocycles. The van der Waals surface area contributed by atoms with Crippen molar-refractivity contribution in [2.24, 2.45) is 0 Å². The molecular formula is C14H10BF4MnO3S-. The molecular weight excluding hydrogens is 390 g/mol. The van der Waals surface area contributed by atoms with Crippen molar-refractivity contribution >= 4 is 18.6 Å². The molecule has 0 saturated carbocycles. The molecule has 3 nitrogen and oxygen atoms in total. The molecule has 0 unspecified atom stereocenters. The van der Waals surface area contributed by atoms with E-state index in [2.05, 4.69) is 68.7 Å². The minimum atomic E-state index is -6.00. The molecule has 0 spiro atoms. The van der Waals surface area contributed by atoms with E-state index in [0.717, 1.165) is 0 Å². The van der Waals surface area contributed by atoms with Crippen molar-refractivity contribution in [3.63, 3.8) is 0 Å². The Kier molecular flexibility index (Phi) is 24.6. The summed E-state index contributed by atoms with van der Waals surface area (Å²) in [5, 5.41) is 2.11. The van der Waals surface area contributed by atoms with Gasteiger partial charge in [-0.1, -0.05) is 35.9 Å². The average molecular weight is 400 g/mol. The second-order valence-corrected chi connectivity index (χ2v) is 4.29. The maximum Gasteiger partial charge on any atom is 0 e. The zero-order valence-electron chi connectivity index (χ0n) is 12.1. The van der Waals surface area contributed by atoms with Crippen LogP contribution >= 0.6 is 11.3 Å². The van der Waals surface area contributed by atoms with Gasteiger partial charge in [0.05, 0.1) is 0 Å². The summed E-state index contributed by atoms with van der Waals surface area (Å²) in [4.78, 5) is 1.35. The Morgan fingerprint density at radius 2 is 1.33 bits per heavy atom. The second-order valence-electron chi connectivity index (χ2n) is 3.34. The molecule has 24 heavy (non-hydrogen) atoms. The molecule has 0 fully saturated rings. The summed E-state index contributed by atoms with van der Waals surface area (Å²) < 4.78 is 61.5. The third kappa shape index (κ3) is 20.4. The van der Waals surface area contributed by atoms with Crippen LogP contribution in [0.4, 0.5) is 17.3 Å². The molecule has 0 atom stereocenters. The molecule has 0 aliphatic heterocycles. The van der Waals surface area contributed by atoms with Gasteiger partial charge in [-0.3, -0.25) is 0 Å². The van der Waals surface area contributed by atoms with Crippen LogP contribution in [-0.4, -0.2) is 7.25 Å². The summed E-state index contributed by atoms with van der Waals surface area (Å²) in [6.45, 7) is 15.6. The monoisotopic (exact) mass is 400 g/mol. The van der Waals surface area contributed by atoms with Crippen molar-refractivity contribution in [3.05, 3.63) is 67.3 Å². The zero-order chi connectivity index (χ0) is 18.9. The molecule has 0 aliphatic rings. The van der Waals surface area contributed by atoms with E-state index in [0.29, 0.717) is 0 Å². The number of aryl methyl sites for hydroxylation is 1. The summed E-state index contributed by atoms with van der Waals surface area (Å²) >= 11 is 1.78. The van der Waals surface area contributed by atoms with Gasteiger partial charge >= 0.3 is 41.2 Å². The van der Waals surface area contributed by atoms with Gasteiger partial charge in [-0.25, -0.2) is 0 Å². The van der Waals surface area contributed by atoms with Crippen LogP contribution in [0.5, 0.6) is 0 Å². The first-order valence-electron chi connectivity index (χ1n) is 5.45. The van der Waals surface area contributed by atoms with Crippen LogP contribution in [0.25, 0.3) is 10.4 Å². The first-order valence-corrected chi connectivity index (χ1v) is 6.33. The van der Waals surface area contributed by atoms with E-state index in [-0.39, 0.29) is 17.1 Å². The van der Waals surface area contributed by atoms with E-state index in [9.17, 15) is 17.3 Å². The number of hydrogen-bond acceptors (Lipinski definition) is 1. The third-order valence-electron chi connectivity index (χ3n) is 1.82. The molecule has 2 rings (SSSR count). The topological polar surface area (TPSA) is 59.7 Å². The van der Waals surface area contributed by atoms with Crippen molar-refractivity contribution in [2.45, 2.75) is 6.92 Å². The van der Waals surface area contributed by atoms with Crippen LogP contribution in [-0.2, 0) is 31.0 Å². The van der Waals surface area contributed by atoms with E-state index in [1.807, 2.05) is 0 Å². The fourth-order valence-electron chi connectivity index (χ4n) is 1.24. The van der Waals surface area contributed by atoms with Gasteiger partial charge in [-0.2, -0.15) is 0 Å². The van der Waals surface area contributed by atoms with Crippen LogP contribution in [0.2, 0.25) is 0 Å². The Morgan fingerprint density at radius 1 is 0.875 bits per heavy atom. The molecule has 0 amide bonds. The number of thiophene rings is 1. The number of rotatable bonds is 1. The van der Waals surface area contributed by atoms with Crippen molar-refractivity contribution < 1.29 is 48.3 Å². The van der Waals surface area contributed by atoms with Gasteiger partial charge < -0.3 is 17.3 Å². The maximum absolute atomic E-state index is 9.75.